The van der Waals surface area contributed by atoms with Gasteiger partial charge in [-0.05, 0) is 18.6 Å². The van der Waals surface area contributed by atoms with Crippen molar-refractivity contribution in [2.45, 2.75) is 16.6 Å². The van der Waals surface area contributed by atoms with Gasteiger partial charge in [-0.15, -0.1) is 0 Å². The normalized spacial score (nSPS) is 29.0. The summed E-state index contributed by atoms with van der Waals surface area (Å²) >= 11 is 0. The number of aliphatic hydroxyl groups excluding tert-OH is 1. The first kappa shape index (κ1) is 11.6. The Hall–Kier alpha value is -0.910. The van der Waals surface area contributed by atoms with Crippen molar-refractivity contribution >= 4 is 9.84 Å². The van der Waals surface area contributed by atoms with Crippen LogP contribution in [0.2, 0.25) is 0 Å². The van der Waals surface area contributed by atoms with Gasteiger partial charge in [-0.2, -0.15) is 0 Å². The minimum Gasteiger partial charge on any atom is -0.396 e. The fraction of sp³-hybridized carbons (Fsp3) is 0.455. The van der Waals surface area contributed by atoms with Gasteiger partial charge in [0.15, 0.2) is 9.84 Å². The lowest BCUT2D eigenvalue weighted by atomic mass is 10.1. The van der Waals surface area contributed by atoms with Gasteiger partial charge >= 0.3 is 0 Å². The van der Waals surface area contributed by atoms with Gasteiger partial charge in [-0.25, -0.2) is 8.42 Å². The van der Waals surface area contributed by atoms with Crippen LogP contribution in [0.1, 0.15) is 6.42 Å². The molecule has 2 atom stereocenters. The molecule has 2 rings (SSSR count). The predicted molar refractivity (Wildman–Crippen MR) is 60.6 cm³/mol. The van der Waals surface area contributed by atoms with Gasteiger partial charge in [0, 0.05) is 12.0 Å². The third kappa shape index (κ3) is 1.65. The smallest absolute Gasteiger partial charge is 0.181 e. The largest absolute Gasteiger partial charge is 0.396 e. The average molecular weight is 241 g/mol. The third-order valence-electron chi connectivity index (χ3n) is 3.28. The fourth-order valence-electron chi connectivity index (χ4n) is 1.97. The van der Waals surface area contributed by atoms with Crippen LogP contribution in [0.4, 0.5) is 0 Å². The minimum atomic E-state index is -3.34. The highest BCUT2D eigenvalue weighted by atomic mass is 32.2. The number of benzene rings is 1. The van der Waals surface area contributed by atoms with Crippen molar-refractivity contribution < 1.29 is 13.5 Å². The maximum Gasteiger partial charge on any atom is 0.181 e. The molecule has 0 aliphatic heterocycles. The van der Waals surface area contributed by atoms with Crippen LogP contribution < -0.4 is 5.73 Å². The molecule has 0 amide bonds. The third-order valence-corrected chi connectivity index (χ3v) is 5.63. The van der Waals surface area contributed by atoms with Crippen molar-refractivity contribution in [1.82, 2.24) is 0 Å². The van der Waals surface area contributed by atoms with Gasteiger partial charge in [-0.1, -0.05) is 18.2 Å². The molecule has 0 unspecified atom stereocenters. The zero-order valence-corrected chi connectivity index (χ0v) is 9.65. The summed E-state index contributed by atoms with van der Waals surface area (Å²) in [5, 5.41) is 8.66. The van der Waals surface area contributed by atoms with Crippen molar-refractivity contribution in [3.8, 4) is 0 Å². The van der Waals surface area contributed by atoms with Gasteiger partial charge in [0.25, 0.3) is 0 Å². The molecule has 5 heteroatoms. The van der Waals surface area contributed by atoms with Gasteiger partial charge < -0.3 is 10.8 Å². The van der Waals surface area contributed by atoms with E-state index in [-0.39, 0.29) is 13.2 Å². The van der Waals surface area contributed by atoms with Crippen LogP contribution in [-0.2, 0) is 9.84 Å². The van der Waals surface area contributed by atoms with Crippen molar-refractivity contribution in [2.24, 2.45) is 11.1 Å². The Morgan fingerprint density at radius 3 is 2.44 bits per heavy atom. The molecule has 1 aromatic carbocycles. The van der Waals surface area contributed by atoms with Gasteiger partial charge in [-0.3, -0.25) is 0 Å². The summed E-state index contributed by atoms with van der Waals surface area (Å²) in [4.78, 5) is 0.309. The summed E-state index contributed by atoms with van der Waals surface area (Å²) in [5.41, 5.74) is 4.90. The maximum atomic E-state index is 12.2. The topological polar surface area (TPSA) is 80.4 Å². The quantitative estimate of drug-likeness (QED) is 0.787. The molecule has 1 fully saturated rings. The molecule has 88 valence electrons. The van der Waals surface area contributed by atoms with Crippen LogP contribution in [0.5, 0.6) is 0 Å². The summed E-state index contributed by atoms with van der Waals surface area (Å²) in [7, 11) is -3.34. The summed E-state index contributed by atoms with van der Waals surface area (Å²) in [6.45, 7) is 0.0421. The molecule has 1 aromatic rings. The average Bonchev–Trinajstić information content (AvgIpc) is 3.06. The van der Waals surface area contributed by atoms with Crippen molar-refractivity contribution in [2.75, 3.05) is 13.2 Å². The molecule has 0 aromatic heterocycles. The lowest BCUT2D eigenvalue weighted by Gasteiger charge is -2.11. The summed E-state index contributed by atoms with van der Waals surface area (Å²) < 4.78 is 24.3. The van der Waals surface area contributed by atoms with E-state index in [0.717, 1.165) is 0 Å². The van der Waals surface area contributed by atoms with E-state index in [9.17, 15) is 13.5 Å². The summed E-state index contributed by atoms with van der Waals surface area (Å²) in [6, 6.07) is 8.31. The number of rotatable bonds is 4. The molecule has 0 radical (unpaired) electrons. The van der Waals surface area contributed by atoms with Crippen LogP contribution in [0.25, 0.3) is 0 Å². The zero-order valence-electron chi connectivity index (χ0n) is 8.83. The van der Waals surface area contributed by atoms with Gasteiger partial charge in [0.05, 0.1) is 16.8 Å². The first-order valence-corrected chi connectivity index (χ1v) is 6.71. The monoisotopic (exact) mass is 241 g/mol. The Kier molecular flexibility index (Phi) is 2.77. The molecule has 3 N–H and O–H groups in total. The van der Waals surface area contributed by atoms with E-state index >= 15 is 0 Å². The van der Waals surface area contributed by atoms with E-state index in [2.05, 4.69) is 0 Å². The van der Waals surface area contributed by atoms with Crippen LogP contribution in [0.15, 0.2) is 35.2 Å². The Bertz CT molecular complexity index is 465. The van der Waals surface area contributed by atoms with Crippen LogP contribution in [0, 0.1) is 5.41 Å². The minimum absolute atomic E-state index is 0.166. The number of hydrogen-bond acceptors (Lipinski definition) is 4. The van der Waals surface area contributed by atoms with E-state index in [1.54, 1.807) is 30.3 Å². The standard InChI is InChI=1S/C11H15NO3S/c12-7-11(8-13)6-10(11)16(14,15)9-4-2-1-3-5-9/h1-5,10,13H,6-8,12H2/t10-,11+/m1/s1. The second-order valence-corrected chi connectivity index (χ2v) is 6.41. The van der Waals surface area contributed by atoms with Crippen molar-refractivity contribution in [3.05, 3.63) is 30.3 Å². The molecule has 0 heterocycles. The first-order valence-electron chi connectivity index (χ1n) is 5.17. The first-order chi connectivity index (χ1) is 7.57. The molecule has 0 saturated heterocycles. The van der Waals surface area contributed by atoms with Crippen LogP contribution in [-0.4, -0.2) is 31.9 Å². The lowest BCUT2D eigenvalue weighted by molar-refractivity contribution is 0.217. The van der Waals surface area contributed by atoms with E-state index < -0.39 is 20.5 Å². The Morgan fingerprint density at radius 1 is 1.38 bits per heavy atom. The maximum absolute atomic E-state index is 12.2. The highest BCUT2D eigenvalue weighted by molar-refractivity contribution is 7.92. The molecule has 16 heavy (non-hydrogen) atoms. The van der Waals surface area contributed by atoms with Crippen molar-refractivity contribution in [1.29, 1.82) is 0 Å². The molecular weight excluding hydrogens is 226 g/mol. The van der Waals surface area contributed by atoms with Crippen LogP contribution in [0.3, 0.4) is 0 Å². The number of aliphatic hydroxyl groups is 1. The number of hydrogen-bond donors (Lipinski definition) is 2. The molecule has 0 spiro atoms. The fourth-order valence-corrected chi connectivity index (χ4v) is 4.21. The Balaban J connectivity index is 2.30. The zero-order chi connectivity index (χ0) is 11.8. The molecular formula is C11H15NO3S. The SMILES string of the molecule is NC[C@]1(CO)C[C@H]1S(=O)(=O)c1ccccc1. The molecule has 4 nitrogen and oxygen atoms in total. The summed E-state index contributed by atoms with van der Waals surface area (Å²) in [5.74, 6) is 0. The van der Waals surface area contributed by atoms with E-state index in [1.807, 2.05) is 0 Å². The molecule has 1 saturated carbocycles. The molecule has 1 aliphatic rings. The molecule has 0 bridgehead atoms. The number of sulfone groups is 1. The molecule has 1 aliphatic carbocycles. The number of nitrogens with two attached hydrogens (primary N) is 1. The van der Waals surface area contributed by atoms with Gasteiger partial charge in [0.2, 0.25) is 0 Å². The highest BCUT2D eigenvalue weighted by Crippen LogP contribution is 2.51. The predicted octanol–water partition coefficient (Wildman–Crippen LogP) is 0.170. The Morgan fingerprint density at radius 2 is 2.00 bits per heavy atom. The second-order valence-electron chi connectivity index (χ2n) is 4.28. The van der Waals surface area contributed by atoms with Crippen LogP contribution >= 0.6 is 0 Å². The van der Waals surface area contributed by atoms with Gasteiger partial charge in [0.1, 0.15) is 0 Å². The van der Waals surface area contributed by atoms with E-state index in [1.165, 1.54) is 0 Å². The summed E-state index contributed by atoms with van der Waals surface area (Å²) in [6.07, 6.45) is 0.456. The second kappa shape index (κ2) is 3.84. The van der Waals surface area contributed by atoms with E-state index in [0.29, 0.717) is 11.3 Å². The van der Waals surface area contributed by atoms with Crippen molar-refractivity contribution in [3.63, 3.8) is 0 Å². The lowest BCUT2D eigenvalue weighted by Crippen LogP contribution is -2.27. The Labute approximate surface area is 95.0 Å². The highest BCUT2D eigenvalue weighted by Gasteiger charge is 2.60. The van der Waals surface area contributed by atoms with E-state index in [4.69, 9.17) is 5.73 Å².